The lowest BCUT2D eigenvalue weighted by Gasteiger charge is -2.12. The quantitative estimate of drug-likeness (QED) is 0.881. The lowest BCUT2D eigenvalue weighted by atomic mass is 10.0. The molecule has 0 heterocycles. The molecular weight excluding hydrogens is 247 g/mol. The van der Waals surface area contributed by atoms with E-state index in [-0.39, 0.29) is 5.82 Å². The number of aliphatic hydroxyl groups excluding tert-OH is 1. The van der Waals surface area contributed by atoms with Gasteiger partial charge in [-0.25, -0.2) is 4.39 Å². The van der Waals surface area contributed by atoms with Gasteiger partial charge in [-0.3, -0.25) is 0 Å². The molecule has 76 valence electrons. The normalized spacial score (nSPS) is 18.2. The van der Waals surface area contributed by atoms with Crippen LogP contribution in [0.2, 0.25) is 0 Å². The minimum absolute atomic E-state index is 0.326. The van der Waals surface area contributed by atoms with Crippen LogP contribution < -0.4 is 0 Å². The first-order valence-corrected chi connectivity index (χ1v) is 5.59. The van der Waals surface area contributed by atoms with E-state index in [9.17, 15) is 9.50 Å². The maximum atomic E-state index is 13.4. The summed E-state index contributed by atoms with van der Waals surface area (Å²) in [7, 11) is 0. The first-order valence-electron chi connectivity index (χ1n) is 4.80. The summed E-state index contributed by atoms with van der Waals surface area (Å²) in [6.07, 6.45) is 2.35. The second-order valence-electron chi connectivity index (χ2n) is 3.83. The standard InChI is InChI=1S/C11H12BrFO/c12-8-2-1-3-9(13)11(8)10(14)6-7-4-5-7/h1-3,7,10,14H,4-6H2/t10-/m1/s1. The molecule has 1 aliphatic rings. The van der Waals surface area contributed by atoms with E-state index in [1.165, 1.54) is 18.9 Å². The van der Waals surface area contributed by atoms with Crippen molar-refractivity contribution in [2.45, 2.75) is 25.4 Å². The van der Waals surface area contributed by atoms with Gasteiger partial charge in [-0.2, -0.15) is 0 Å². The molecule has 1 aromatic rings. The Morgan fingerprint density at radius 3 is 2.79 bits per heavy atom. The number of aliphatic hydroxyl groups is 1. The van der Waals surface area contributed by atoms with Crippen LogP contribution >= 0.6 is 15.9 Å². The third-order valence-electron chi connectivity index (χ3n) is 2.59. The van der Waals surface area contributed by atoms with Crippen LogP contribution in [0.3, 0.4) is 0 Å². The number of hydrogen-bond donors (Lipinski definition) is 1. The Bertz CT molecular complexity index is 316. The maximum Gasteiger partial charge on any atom is 0.130 e. The van der Waals surface area contributed by atoms with Crippen LogP contribution in [-0.2, 0) is 0 Å². The highest BCUT2D eigenvalue weighted by Gasteiger charge is 2.27. The third-order valence-corrected chi connectivity index (χ3v) is 3.28. The summed E-state index contributed by atoms with van der Waals surface area (Å²) in [5, 5.41) is 9.82. The smallest absolute Gasteiger partial charge is 0.130 e. The molecule has 0 bridgehead atoms. The summed E-state index contributed by atoms with van der Waals surface area (Å²) in [6.45, 7) is 0. The van der Waals surface area contributed by atoms with E-state index in [4.69, 9.17) is 0 Å². The molecule has 1 fully saturated rings. The van der Waals surface area contributed by atoms with E-state index in [1.54, 1.807) is 12.1 Å². The first kappa shape index (κ1) is 10.1. The SMILES string of the molecule is O[C@H](CC1CC1)c1c(F)cccc1Br. The highest BCUT2D eigenvalue weighted by molar-refractivity contribution is 9.10. The zero-order valence-corrected chi connectivity index (χ0v) is 9.30. The minimum atomic E-state index is -0.668. The monoisotopic (exact) mass is 258 g/mol. The Morgan fingerprint density at radius 1 is 1.50 bits per heavy atom. The highest BCUT2D eigenvalue weighted by atomic mass is 79.9. The molecule has 1 atom stereocenters. The van der Waals surface area contributed by atoms with Crippen LogP contribution in [0.1, 0.15) is 30.9 Å². The second kappa shape index (κ2) is 3.99. The Kier molecular flexibility index (Phi) is 2.88. The molecule has 1 aliphatic carbocycles. The average molecular weight is 259 g/mol. The zero-order chi connectivity index (χ0) is 10.1. The predicted octanol–water partition coefficient (Wildman–Crippen LogP) is 3.42. The summed E-state index contributed by atoms with van der Waals surface area (Å²) < 4.78 is 14.0. The van der Waals surface area contributed by atoms with Gasteiger partial charge in [0.05, 0.1) is 6.10 Å². The number of halogens is 2. The predicted molar refractivity (Wildman–Crippen MR) is 56.4 cm³/mol. The largest absolute Gasteiger partial charge is 0.388 e. The molecule has 0 spiro atoms. The second-order valence-corrected chi connectivity index (χ2v) is 4.68. The van der Waals surface area contributed by atoms with E-state index in [0.717, 1.165) is 0 Å². The fraction of sp³-hybridized carbons (Fsp3) is 0.455. The Morgan fingerprint density at radius 2 is 2.21 bits per heavy atom. The molecule has 0 aliphatic heterocycles. The number of hydrogen-bond acceptors (Lipinski definition) is 1. The van der Waals surface area contributed by atoms with Crippen molar-refractivity contribution in [2.75, 3.05) is 0 Å². The van der Waals surface area contributed by atoms with Crippen molar-refractivity contribution in [1.29, 1.82) is 0 Å². The van der Waals surface area contributed by atoms with E-state index in [2.05, 4.69) is 15.9 Å². The molecule has 1 nitrogen and oxygen atoms in total. The molecule has 0 radical (unpaired) electrons. The van der Waals surface area contributed by atoms with Gasteiger partial charge in [-0.15, -0.1) is 0 Å². The number of benzene rings is 1. The van der Waals surface area contributed by atoms with Crippen molar-refractivity contribution in [2.24, 2.45) is 5.92 Å². The van der Waals surface area contributed by atoms with Crippen molar-refractivity contribution in [3.8, 4) is 0 Å². The van der Waals surface area contributed by atoms with E-state index in [1.807, 2.05) is 0 Å². The summed E-state index contributed by atoms with van der Waals surface area (Å²) in [5.74, 6) is 0.268. The zero-order valence-electron chi connectivity index (χ0n) is 7.71. The minimum Gasteiger partial charge on any atom is -0.388 e. The molecule has 14 heavy (non-hydrogen) atoms. The van der Waals surface area contributed by atoms with Crippen LogP contribution in [0.5, 0.6) is 0 Å². The van der Waals surface area contributed by atoms with E-state index in [0.29, 0.717) is 22.4 Å². The Labute approximate surface area is 91.1 Å². The Balaban J connectivity index is 2.19. The van der Waals surface area contributed by atoms with E-state index < -0.39 is 6.10 Å². The molecule has 2 rings (SSSR count). The first-order chi connectivity index (χ1) is 6.68. The van der Waals surface area contributed by atoms with Gasteiger partial charge in [0, 0.05) is 10.0 Å². The summed E-state index contributed by atoms with van der Waals surface area (Å²) in [4.78, 5) is 0. The Hall–Kier alpha value is -0.410. The van der Waals surface area contributed by atoms with Crippen molar-refractivity contribution in [3.63, 3.8) is 0 Å². The molecule has 3 heteroatoms. The number of rotatable bonds is 3. The molecule has 0 amide bonds. The van der Waals surface area contributed by atoms with Gasteiger partial charge in [-0.05, 0) is 24.5 Å². The van der Waals surface area contributed by atoms with Crippen molar-refractivity contribution in [3.05, 3.63) is 34.1 Å². The average Bonchev–Trinajstić information content (AvgIpc) is 2.87. The molecule has 0 unspecified atom stereocenters. The molecule has 1 saturated carbocycles. The van der Waals surface area contributed by atoms with Gasteiger partial charge in [0.15, 0.2) is 0 Å². The molecule has 0 saturated heterocycles. The summed E-state index contributed by atoms with van der Waals surface area (Å²) in [5.41, 5.74) is 0.402. The van der Waals surface area contributed by atoms with Gasteiger partial charge >= 0.3 is 0 Å². The fourth-order valence-corrected chi connectivity index (χ4v) is 2.22. The van der Waals surface area contributed by atoms with Crippen LogP contribution in [0.15, 0.2) is 22.7 Å². The van der Waals surface area contributed by atoms with Crippen LogP contribution in [-0.4, -0.2) is 5.11 Å². The molecule has 0 aromatic heterocycles. The van der Waals surface area contributed by atoms with Gasteiger partial charge in [-0.1, -0.05) is 34.8 Å². The van der Waals surface area contributed by atoms with E-state index >= 15 is 0 Å². The van der Waals surface area contributed by atoms with Gasteiger partial charge < -0.3 is 5.11 Å². The third kappa shape index (κ3) is 2.15. The highest BCUT2D eigenvalue weighted by Crippen LogP contribution is 2.39. The molecular formula is C11H12BrFO. The maximum absolute atomic E-state index is 13.4. The lowest BCUT2D eigenvalue weighted by molar-refractivity contribution is 0.155. The van der Waals surface area contributed by atoms with Gasteiger partial charge in [0.1, 0.15) is 5.82 Å². The lowest BCUT2D eigenvalue weighted by Crippen LogP contribution is -2.02. The van der Waals surface area contributed by atoms with Crippen LogP contribution in [0.25, 0.3) is 0 Å². The van der Waals surface area contributed by atoms with Crippen LogP contribution in [0.4, 0.5) is 4.39 Å². The molecule has 1 aromatic carbocycles. The summed E-state index contributed by atoms with van der Waals surface area (Å²) in [6, 6.07) is 4.78. The van der Waals surface area contributed by atoms with Crippen molar-refractivity contribution < 1.29 is 9.50 Å². The van der Waals surface area contributed by atoms with Crippen molar-refractivity contribution >= 4 is 15.9 Å². The fourth-order valence-electron chi connectivity index (χ4n) is 1.62. The topological polar surface area (TPSA) is 20.2 Å². The van der Waals surface area contributed by atoms with Gasteiger partial charge in [0.2, 0.25) is 0 Å². The molecule has 1 N–H and O–H groups in total. The van der Waals surface area contributed by atoms with Crippen LogP contribution in [0, 0.1) is 11.7 Å². The van der Waals surface area contributed by atoms with Crippen molar-refractivity contribution in [1.82, 2.24) is 0 Å². The van der Waals surface area contributed by atoms with Gasteiger partial charge in [0.25, 0.3) is 0 Å². The summed E-state index contributed by atoms with van der Waals surface area (Å²) >= 11 is 3.26.